The standard InChI is InChI=1S/C9H18N2O3S/c1-4-9(12)10-7-6-8-11(5-2)15(3,13)14/h4H,1,5-8H2,2-3H3,(H,10,12). The molecule has 1 N–H and O–H groups in total. The summed E-state index contributed by atoms with van der Waals surface area (Å²) in [6.45, 7) is 6.42. The van der Waals surface area contributed by atoms with Crippen LogP contribution in [-0.2, 0) is 14.8 Å². The minimum atomic E-state index is -3.12. The van der Waals surface area contributed by atoms with Crippen LogP contribution >= 0.6 is 0 Å². The fraction of sp³-hybridized carbons (Fsp3) is 0.667. The Labute approximate surface area is 91.2 Å². The number of hydrogen-bond acceptors (Lipinski definition) is 3. The molecule has 0 heterocycles. The zero-order chi connectivity index (χ0) is 11.9. The van der Waals surface area contributed by atoms with Crippen LogP contribution < -0.4 is 5.32 Å². The molecule has 0 aliphatic carbocycles. The molecule has 0 aromatic rings. The summed E-state index contributed by atoms with van der Waals surface area (Å²) in [6.07, 6.45) is 2.97. The van der Waals surface area contributed by atoms with E-state index in [1.165, 1.54) is 16.6 Å². The lowest BCUT2D eigenvalue weighted by Crippen LogP contribution is -2.33. The van der Waals surface area contributed by atoms with Gasteiger partial charge in [-0.2, -0.15) is 0 Å². The first kappa shape index (κ1) is 14.1. The molecule has 0 unspecified atom stereocenters. The largest absolute Gasteiger partial charge is 0.353 e. The molecule has 6 heteroatoms. The Bertz CT molecular complexity index is 311. The van der Waals surface area contributed by atoms with Crippen molar-refractivity contribution in [2.45, 2.75) is 13.3 Å². The molecule has 5 nitrogen and oxygen atoms in total. The minimum Gasteiger partial charge on any atom is -0.353 e. The van der Waals surface area contributed by atoms with Crippen LogP contribution in [0.5, 0.6) is 0 Å². The van der Waals surface area contributed by atoms with Gasteiger partial charge in [0.15, 0.2) is 0 Å². The van der Waals surface area contributed by atoms with Gasteiger partial charge in [0.1, 0.15) is 0 Å². The molecule has 0 saturated heterocycles. The van der Waals surface area contributed by atoms with E-state index >= 15 is 0 Å². The summed E-state index contributed by atoms with van der Waals surface area (Å²) in [5.41, 5.74) is 0. The summed E-state index contributed by atoms with van der Waals surface area (Å²) in [6, 6.07) is 0. The topological polar surface area (TPSA) is 66.5 Å². The lowest BCUT2D eigenvalue weighted by molar-refractivity contribution is -0.116. The van der Waals surface area contributed by atoms with E-state index in [4.69, 9.17) is 0 Å². The summed E-state index contributed by atoms with van der Waals surface area (Å²) in [5.74, 6) is -0.239. The molecule has 88 valence electrons. The van der Waals surface area contributed by atoms with Gasteiger partial charge in [-0.1, -0.05) is 13.5 Å². The van der Waals surface area contributed by atoms with Crippen LogP contribution in [0.3, 0.4) is 0 Å². The third-order valence-corrected chi connectivity index (χ3v) is 3.27. The minimum absolute atomic E-state index is 0.239. The first-order valence-corrected chi connectivity index (χ1v) is 6.62. The maximum absolute atomic E-state index is 11.2. The van der Waals surface area contributed by atoms with Crippen molar-refractivity contribution in [3.05, 3.63) is 12.7 Å². The van der Waals surface area contributed by atoms with E-state index in [-0.39, 0.29) is 5.91 Å². The predicted octanol–water partition coefficient (Wildman–Crippen LogP) is -0.0398. The van der Waals surface area contributed by atoms with Crippen LogP contribution in [0.2, 0.25) is 0 Å². The molecule has 0 spiro atoms. The number of hydrogen-bond donors (Lipinski definition) is 1. The van der Waals surface area contributed by atoms with Crippen LogP contribution in [0, 0.1) is 0 Å². The van der Waals surface area contributed by atoms with E-state index in [0.717, 1.165) is 0 Å². The molecular formula is C9H18N2O3S. The van der Waals surface area contributed by atoms with Crippen molar-refractivity contribution in [2.75, 3.05) is 25.9 Å². The molecule has 0 atom stereocenters. The molecule has 0 radical (unpaired) electrons. The highest BCUT2D eigenvalue weighted by atomic mass is 32.2. The number of rotatable bonds is 7. The summed E-state index contributed by atoms with van der Waals surface area (Å²) in [7, 11) is -3.12. The van der Waals surface area contributed by atoms with Gasteiger partial charge >= 0.3 is 0 Å². The number of carbonyl (C=O) groups is 1. The first-order valence-electron chi connectivity index (χ1n) is 4.77. The number of nitrogens with zero attached hydrogens (tertiary/aromatic N) is 1. The second-order valence-corrected chi connectivity index (χ2v) is 5.09. The number of nitrogens with one attached hydrogen (secondary N) is 1. The summed E-state index contributed by atoms with van der Waals surface area (Å²) in [5, 5.41) is 2.58. The normalized spacial score (nSPS) is 11.4. The number of carbonyl (C=O) groups excluding carboxylic acids is 1. The smallest absolute Gasteiger partial charge is 0.243 e. The molecular weight excluding hydrogens is 216 g/mol. The predicted molar refractivity (Wildman–Crippen MR) is 59.9 cm³/mol. The highest BCUT2D eigenvalue weighted by Crippen LogP contribution is 1.97. The fourth-order valence-corrected chi connectivity index (χ4v) is 2.03. The van der Waals surface area contributed by atoms with Gasteiger partial charge in [-0.3, -0.25) is 4.79 Å². The first-order chi connectivity index (χ1) is 6.91. The van der Waals surface area contributed by atoms with Gasteiger partial charge in [-0.15, -0.1) is 0 Å². The highest BCUT2D eigenvalue weighted by Gasteiger charge is 2.12. The van der Waals surface area contributed by atoms with Crippen LogP contribution in [0.15, 0.2) is 12.7 Å². The van der Waals surface area contributed by atoms with Gasteiger partial charge in [0.05, 0.1) is 6.26 Å². The van der Waals surface area contributed by atoms with Crippen LogP contribution in [0.1, 0.15) is 13.3 Å². The van der Waals surface area contributed by atoms with Crippen molar-refractivity contribution in [1.29, 1.82) is 0 Å². The Morgan fingerprint density at radius 1 is 1.53 bits per heavy atom. The lowest BCUT2D eigenvalue weighted by Gasteiger charge is -2.17. The van der Waals surface area contributed by atoms with Crippen LogP contribution in [0.25, 0.3) is 0 Å². The summed E-state index contributed by atoms with van der Waals surface area (Å²) >= 11 is 0. The van der Waals surface area contributed by atoms with Crippen LogP contribution in [0.4, 0.5) is 0 Å². The molecule has 0 aliphatic heterocycles. The average molecular weight is 234 g/mol. The molecule has 0 rings (SSSR count). The molecule has 1 amide bonds. The molecule has 0 aromatic heterocycles. The Hall–Kier alpha value is -0.880. The van der Waals surface area contributed by atoms with Crippen molar-refractivity contribution >= 4 is 15.9 Å². The van der Waals surface area contributed by atoms with Crippen LogP contribution in [-0.4, -0.2) is 44.5 Å². The number of sulfonamides is 1. The molecule has 0 aliphatic rings. The van der Waals surface area contributed by atoms with E-state index in [9.17, 15) is 13.2 Å². The monoisotopic (exact) mass is 234 g/mol. The van der Waals surface area contributed by atoms with Crippen molar-refractivity contribution in [3.63, 3.8) is 0 Å². The number of amides is 1. The third kappa shape index (κ3) is 6.24. The van der Waals surface area contributed by atoms with E-state index in [0.29, 0.717) is 26.1 Å². The van der Waals surface area contributed by atoms with Gasteiger partial charge < -0.3 is 5.32 Å². The van der Waals surface area contributed by atoms with Crippen molar-refractivity contribution in [2.24, 2.45) is 0 Å². The van der Waals surface area contributed by atoms with Gasteiger partial charge in [0.2, 0.25) is 15.9 Å². The molecule has 0 aromatic carbocycles. The zero-order valence-electron chi connectivity index (χ0n) is 9.19. The van der Waals surface area contributed by atoms with Gasteiger partial charge in [-0.25, -0.2) is 12.7 Å². The van der Waals surface area contributed by atoms with Crippen molar-refractivity contribution in [3.8, 4) is 0 Å². The maximum Gasteiger partial charge on any atom is 0.243 e. The molecule has 0 bridgehead atoms. The summed E-state index contributed by atoms with van der Waals surface area (Å²) < 4.78 is 23.7. The molecule has 0 fully saturated rings. The van der Waals surface area contributed by atoms with E-state index in [2.05, 4.69) is 11.9 Å². The maximum atomic E-state index is 11.2. The summed E-state index contributed by atoms with van der Waals surface area (Å²) in [4.78, 5) is 10.8. The highest BCUT2D eigenvalue weighted by molar-refractivity contribution is 7.88. The lowest BCUT2D eigenvalue weighted by atomic mass is 10.4. The van der Waals surface area contributed by atoms with Gasteiger partial charge in [0.25, 0.3) is 0 Å². The Morgan fingerprint density at radius 3 is 2.53 bits per heavy atom. The van der Waals surface area contributed by atoms with Gasteiger partial charge in [0, 0.05) is 19.6 Å². The van der Waals surface area contributed by atoms with Crippen molar-refractivity contribution < 1.29 is 13.2 Å². The van der Waals surface area contributed by atoms with E-state index < -0.39 is 10.0 Å². The second kappa shape index (κ2) is 6.58. The third-order valence-electron chi connectivity index (χ3n) is 1.89. The Morgan fingerprint density at radius 2 is 2.13 bits per heavy atom. The zero-order valence-corrected chi connectivity index (χ0v) is 10.0. The van der Waals surface area contributed by atoms with E-state index in [1.807, 2.05) is 0 Å². The fourth-order valence-electron chi connectivity index (χ4n) is 1.10. The quantitative estimate of drug-likeness (QED) is 0.496. The average Bonchev–Trinajstić information content (AvgIpc) is 2.15. The van der Waals surface area contributed by atoms with Crippen molar-refractivity contribution in [1.82, 2.24) is 9.62 Å². The molecule has 15 heavy (non-hydrogen) atoms. The van der Waals surface area contributed by atoms with E-state index in [1.54, 1.807) is 6.92 Å². The van der Waals surface area contributed by atoms with Gasteiger partial charge in [-0.05, 0) is 12.5 Å². The second-order valence-electron chi connectivity index (χ2n) is 3.10. The Kier molecular flexibility index (Phi) is 6.19. The Balaban J connectivity index is 3.84. The molecule has 0 saturated carbocycles. The SMILES string of the molecule is C=CC(=O)NCCCN(CC)S(C)(=O)=O.